The van der Waals surface area contributed by atoms with Gasteiger partial charge in [-0.05, 0) is 62.7 Å². The molecular formula is C23H22N4O3S2. The Balaban J connectivity index is 1.30. The molecule has 164 valence electrons. The van der Waals surface area contributed by atoms with Crippen molar-refractivity contribution in [2.75, 3.05) is 16.4 Å². The van der Waals surface area contributed by atoms with Crippen LogP contribution in [0.2, 0.25) is 0 Å². The Hall–Kier alpha value is -3.17. The number of nitrogens with one attached hydrogen (secondary N) is 2. The standard InChI is InChI=1S/C23H22N4O3S2/c1-13-4-9-18-19(10-13)32-23(25-18)16-5-7-17(8-6-16)24-21(28)12-31-15(3)22(29)26-20-11-14(2)30-27-20/h4-11,15H,12H2,1-3H3,(H,24,28)(H,26,27,29). The van der Waals surface area contributed by atoms with Gasteiger partial charge in [-0.1, -0.05) is 11.2 Å². The summed E-state index contributed by atoms with van der Waals surface area (Å²) in [6.45, 7) is 5.56. The van der Waals surface area contributed by atoms with Crippen LogP contribution in [0.3, 0.4) is 0 Å². The summed E-state index contributed by atoms with van der Waals surface area (Å²) in [4.78, 5) is 29.2. The van der Waals surface area contributed by atoms with E-state index in [4.69, 9.17) is 9.51 Å². The van der Waals surface area contributed by atoms with Crippen LogP contribution in [0.15, 0.2) is 53.1 Å². The molecule has 0 saturated heterocycles. The minimum atomic E-state index is -0.414. The number of thiazole rings is 1. The Morgan fingerprint density at radius 3 is 2.59 bits per heavy atom. The lowest BCUT2D eigenvalue weighted by Crippen LogP contribution is -2.25. The van der Waals surface area contributed by atoms with Crippen LogP contribution in [0.5, 0.6) is 0 Å². The van der Waals surface area contributed by atoms with Gasteiger partial charge in [-0.3, -0.25) is 9.59 Å². The molecule has 4 aromatic rings. The number of carbonyl (C=O) groups is 2. The van der Waals surface area contributed by atoms with Crippen molar-refractivity contribution in [3.63, 3.8) is 0 Å². The zero-order valence-corrected chi connectivity index (χ0v) is 19.5. The molecule has 9 heteroatoms. The Kier molecular flexibility index (Phi) is 6.57. The molecule has 2 aromatic carbocycles. The van der Waals surface area contributed by atoms with Crippen molar-refractivity contribution in [3.05, 3.63) is 59.9 Å². The van der Waals surface area contributed by atoms with Crippen LogP contribution in [0.4, 0.5) is 11.5 Å². The molecule has 32 heavy (non-hydrogen) atoms. The number of aromatic nitrogens is 2. The number of rotatable bonds is 7. The molecule has 0 fully saturated rings. The van der Waals surface area contributed by atoms with Gasteiger partial charge in [0.15, 0.2) is 5.82 Å². The van der Waals surface area contributed by atoms with Crippen molar-refractivity contribution >= 4 is 56.6 Å². The molecule has 2 amide bonds. The highest BCUT2D eigenvalue weighted by molar-refractivity contribution is 8.01. The quantitative estimate of drug-likeness (QED) is 0.385. The van der Waals surface area contributed by atoms with Crippen molar-refractivity contribution in [2.45, 2.75) is 26.0 Å². The Labute approximate surface area is 193 Å². The van der Waals surface area contributed by atoms with Crippen LogP contribution in [-0.4, -0.2) is 33.0 Å². The van der Waals surface area contributed by atoms with Crippen LogP contribution in [0.25, 0.3) is 20.8 Å². The Morgan fingerprint density at radius 2 is 1.88 bits per heavy atom. The lowest BCUT2D eigenvalue weighted by molar-refractivity contribution is -0.115. The summed E-state index contributed by atoms with van der Waals surface area (Å²) in [7, 11) is 0. The van der Waals surface area contributed by atoms with E-state index in [0.717, 1.165) is 20.8 Å². The molecule has 0 bridgehead atoms. The number of amides is 2. The molecule has 2 aromatic heterocycles. The summed E-state index contributed by atoms with van der Waals surface area (Å²) < 4.78 is 6.09. The van der Waals surface area contributed by atoms with Crippen LogP contribution in [0.1, 0.15) is 18.2 Å². The number of benzene rings is 2. The van der Waals surface area contributed by atoms with Crippen LogP contribution >= 0.6 is 23.1 Å². The minimum Gasteiger partial charge on any atom is -0.360 e. The number of fused-ring (bicyclic) bond motifs is 1. The first kappa shape index (κ1) is 22.0. The van der Waals surface area contributed by atoms with E-state index in [1.807, 2.05) is 30.3 Å². The maximum absolute atomic E-state index is 12.3. The van der Waals surface area contributed by atoms with Gasteiger partial charge in [-0.15, -0.1) is 23.1 Å². The average molecular weight is 467 g/mol. The fourth-order valence-electron chi connectivity index (χ4n) is 2.98. The largest absolute Gasteiger partial charge is 0.360 e. The molecular weight excluding hydrogens is 444 g/mol. The second-order valence-electron chi connectivity index (χ2n) is 7.38. The predicted molar refractivity (Wildman–Crippen MR) is 130 cm³/mol. The SMILES string of the molecule is Cc1ccc2nc(-c3ccc(NC(=O)CSC(C)C(=O)Nc4cc(C)on4)cc3)sc2c1. The lowest BCUT2D eigenvalue weighted by atomic mass is 10.2. The van der Waals surface area contributed by atoms with Gasteiger partial charge in [0.2, 0.25) is 11.8 Å². The third kappa shape index (κ3) is 5.35. The number of hydrogen-bond donors (Lipinski definition) is 2. The summed E-state index contributed by atoms with van der Waals surface area (Å²) in [5.74, 6) is 0.740. The molecule has 4 rings (SSSR count). The van der Waals surface area contributed by atoms with Gasteiger partial charge < -0.3 is 15.2 Å². The van der Waals surface area contributed by atoms with Gasteiger partial charge in [0.1, 0.15) is 10.8 Å². The molecule has 0 aliphatic carbocycles. The zero-order valence-electron chi connectivity index (χ0n) is 17.8. The summed E-state index contributed by atoms with van der Waals surface area (Å²) >= 11 is 2.90. The lowest BCUT2D eigenvalue weighted by Gasteiger charge is -2.10. The second kappa shape index (κ2) is 9.54. The highest BCUT2D eigenvalue weighted by Gasteiger charge is 2.17. The number of carbonyl (C=O) groups excluding carboxylic acids is 2. The average Bonchev–Trinajstić information content (AvgIpc) is 3.37. The van der Waals surface area contributed by atoms with Crippen LogP contribution in [0, 0.1) is 13.8 Å². The van der Waals surface area contributed by atoms with Crippen LogP contribution in [-0.2, 0) is 9.59 Å². The topological polar surface area (TPSA) is 97.1 Å². The second-order valence-corrected chi connectivity index (χ2v) is 9.74. The van der Waals surface area contributed by atoms with E-state index in [0.29, 0.717) is 17.3 Å². The van der Waals surface area contributed by atoms with Crippen molar-refractivity contribution in [1.29, 1.82) is 0 Å². The van der Waals surface area contributed by atoms with Gasteiger partial charge in [-0.25, -0.2) is 4.98 Å². The molecule has 7 nitrogen and oxygen atoms in total. The van der Waals surface area contributed by atoms with E-state index in [2.05, 4.69) is 34.8 Å². The number of nitrogens with zero attached hydrogens (tertiary/aromatic N) is 2. The van der Waals surface area contributed by atoms with Crippen molar-refractivity contribution in [3.8, 4) is 10.6 Å². The number of aryl methyl sites for hydroxylation is 2. The summed E-state index contributed by atoms with van der Waals surface area (Å²) in [6, 6.07) is 15.5. The molecule has 2 N–H and O–H groups in total. The summed E-state index contributed by atoms with van der Waals surface area (Å²) in [6.07, 6.45) is 0. The molecule has 0 spiro atoms. The van der Waals surface area contributed by atoms with E-state index in [1.165, 1.54) is 17.3 Å². The van der Waals surface area contributed by atoms with E-state index in [9.17, 15) is 9.59 Å². The Morgan fingerprint density at radius 1 is 1.09 bits per heavy atom. The van der Waals surface area contributed by atoms with E-state index < -0.39 is 5.25 Å². The maximum atomic E-state index is 12.3. The molecule has 0 saturated carbocycles. The van der Waals surface area contributed by atoms with Gasteiger partial charge in [-0.2, -0.15) is 0 Å². The fourth-order valence-corrected chi connectivity index (χ4v) is 4.73. The maximum Gasteiger partial charge on any atom is 0.238 e. The number of hydrogen-bond acceptors (Lipinski definition) is 7. The molecule has 2 heterocycles. The van der Waals surface area contributed by atoms with Crippen LogP contribution < -0.4 is 10.6 Å². The predicted octanol–water partition coefficient (Wildman–Crippen LogP) is 5.27. The summed E-state index contributed by atoms with van der Waals surface area (Å²) in [5, 5.41) is 9.80. The molecule has 1 atom stereocenters. The van der Waals surface area contributed by atoms with E-state index >= 15 is 0 Å². The van der Waals surface area contributed by atoms with Gasteiger partial charge in [0, 0.05) is 17.3 Å². The monoisotopic (exact) mass is 466 g/mol. The number of thioether (sulfide) groups is 1. The molecule has 0 radical (unpaired) electrons. The molecule has 0 aliphatic rings. The third-order valence-corrected chi connectivity index (χ3v) is 6.88. The third-order valence-electron chi connectivity index (χ3n) is 4.67. The first-order chi connectivity index (χ1) is 15.4. The normalized spacial score (nSPS) is 12.0. The number of anilines is 2. The highest BCUT2D eigenvalue weighted by atomic mass is 32.2. The van der Waals surface area contributed by atoms with Gasteiger partial charge in [0.05, 0.1) is 21.2 Å². The summed E-state index contributed by atoms with van der Waals surface area (Å²) in [5.41, 5.74) is 3.90. The first-order valence-electron chi connectivity index (χ1n) is 10.0. The van der Waals surface area contributed by atoms with Crippen molar-refractivity contribution < 1.29 is 14.1 Å². The molecule has 1 unspecified atom stereocenters. The smallest absolute Gasteiger partial charge is 0.238 e. The van der Waals surface area contributed by atoms with Gasteiger partial charge >= 0.3 is 0 Å². The minimum absolute atomic E-state index is 0.158. The zero-order chi connectivity index (χ0) is 22.7. The van der Waals surface area contributed by atoms with E-state index in [-0.39, 0.29) is 17.6 Å². The Bertz CT molecular complexity index is 1260. The molecule has 0 aliphatic heterocycles. The van der Waals surface area contributed by atoms with Gasteiger partial charge in [0.25, 0.3) is 0 Å². The highest BCUT2D eigenvalue weighted by Crippen LogP contribution is 2.31. The fraction of sp³-hybridized carbons (Fsp3) is 0.217. The van der Waals surface area contributed by atoms with Crippen molar-refractivity contribution in [1.82, 2.24) is 10.1 Å². The van der Waals surface area contributed by atoms with Crippen molar-refractivity contribution in [2.24, 2.45) is 0 Å². The van der Waals surface area contributed by atoms with E-state index in [1.54, 1.807) is 31.3 Å². The first-order valence-corrected chi connectivity index (χ1v) is 11.9.